The second kappa shape index (κ2) is 6.89. The van der Waals surface area contributed by atoms with Gasteiger partial charge in [0.05, 0.1) is 0 Å². The highest BCUT2D eigenvalue weighted by Gasteiger charge is 2.30. The van der Waals surface area contributed by atoms with Crippen molar-refractivity contribution in [2.24, 2.45) is 5.41 Å². The molecule has 6 nitrogen and oxygen atoms in total. The third-order valence-electron chi connectivity index (χ3n) is 3.36. The Kier molecular flexibility index (Phi) is 6.67. The Morgan fingerprint density at radius 3 is 1.90 bits per heavy atom. The van der Waals surface area contributed by atoms with Crippen LogP contribution in [0.15, 0.2) is 0 Å². The van der Waals surface area contributed by atoms with E-state index in [-0.39, 0.29) is 18.9 Å². The molecule has 120 valence electrons. The zero-order valence-corrected chi connectivity index (χ0v) is 14.4. The molecule has 8 heteroatoms. The van der Waals surface area contributed by atoms with Crippen LogP contribution < -0.4 is 5.32 Å². The van der Waals surface area contributed by atoms with E-state index in [0.29, 0.717) is 12.8 Å². The van der Waals surface area contributed by atoms with Crippen LogP contribution in [0.2, 0.25) is 0 Å². The quantitative estimate of drug-likeness (QED) is 0.663. The number of carbonyl (C=O) groups is 1. The van der Waals surface area contributed by atoms with E-state index in [9.17, 15) is 21.6 Å². The van der Waals surface area contributed by atoms with Crippen molar-refractivity contribution >= 4 is 25.6 Å². The van der Waals surface area contributed by atoms with E-state index in [4.69, 9.17) is 0 Å². The van der Waals surface area contributed by atoms with Gasteiger partial charge in [0.15, 0.2) is 24.3 Å². The van der Waals surface area contributed by atoms with Gasteiger partial charge in [-0.05, 0) is 19.3 Å². The standard InChI is InChI=1S/C12H25NO5S2/c1-6-12(2,3)11(14)13-9-7-8-10(19(4,15)16)20(5,17)18/h10H,6-9H2,1-5H3,(H,13,14). The first kappa shape index (κ1) is 19.4. The lowest BCUT2D eigenvalue weighted by Crippen LogP contribution is -2.37. The minimum Gasteiger partial charge on any atom is -0.356 e. The highest BCUT2D eigenvalue weighted by molar-refractivity contribution is 8.08. The van der Waals surface area contributed by atoms with Crippen LogP contribution in [0.1, 0.15) is 40.0 Å². The lowest BCUT2D eigenvalue weighted by molar-refractivity contribution is -0.129. The minimum atomic E-state index is -3.66. The Labute approximate surface area is 122 Å². The summed E-state index contributed by atoms with van der Waals surface area (Å²) < 4.78 is 44.4. The molecule has 0 aliphatic rings. The highest BCUT2D eigenvalue weighted by Crippen LogP contribution is 2.19. The van der Waals surface area contributed by atoms with Crippen LogP contribution >= 0.6 is 0 Å². The molecule has 0 atom stereocenters. The lowest BCUT2D eigenvalue weighted by Gasteiger charge is -2.21. The summed E-state index contributed by atoms with van der Waals surface area (Å²) >= 11 is 0. The minimum absolute atomic E-state index is 0.00942. The second-order valence-corrected chi connectivity index (χ2v) is 10.5. The maximum absolute atomic E-state index is 11.8. The van der Waals surface area contributed by atoms with Gasteiger partial charge in [-0.15, -0.1) is 0 Å². The predicted molar refractivity (Wildman–Crippen MR) is 79.8 cm³/mol. The summed E-state index contributed by atoms with van der Waals surface area (Å²) in [6.45, 7) is 5.81. The molecule has 0 aromatic heterocycles. The number of carbonyl (C=O) groups excluding carboxylic acids is 1. The fourth-order valence-corrected chi connectivity index (χ4v) is 5.35. The van der Waals surface area contributed by atoms with Gasteiger partial charge in [-0.3, -0.25) is 4.79 Å². The molecular formula is C12H25NO5S2. The maximum Gasteiger partial charge on any atom is 0.225 e. The third kappa shape index (κ3) is 6.21. The first-order valence-corrected chi connectivity index (χ1v) is 10.4. The van der Waals surface area contributed by atoms with Crippen molar-refractivity contribution in [1.29, 1.82) is 0 Å². The van der Waals surface area contributed by atoms with Crippen LogP contribution in [0.25, 0.3) is 0 Å². The molecule has 0 aliphatic heterocycles. The molecule has 0 saturated heterocycles. The first-order valence-electron chi connectivity index (χ1n) is 6.48. The van der Waals surface area contributed by atoms with Gasteiger partial charge in [0.1, 0.15) is 0 Å². The van der Waals surface area contributed by atoms with Crippen molar-refractivity contribution in [1.82, 2.24) is 5.32 Å². The highest BCUT2D eigenvalue weighted by atomic mass is 32.3. The number of hydrogen-bond acceptors (Lipinski definition) is 5. The molecule has 1 N–H and O–H groups in total. The molecule has 0 aromatic carbocycles. The van der Waals surface area contributed by atoms with Gasteiger partial charge in [-0.2, -0.15) is 0 Å². The summed E-state index contributed by atoms with van der Waals surface area (Å²) in [5.41, 5.74) is -0.479. The van der Waals surface area contributed by atoms with Gasteiger partial charge in [0, 0.05) is 24.5 Å². The summed E-state index contributed by atoms with van der Waals surface area (Å²) in [7, 11) is -7.31. The lowest BCUT2D eigenvalue weighted by atomic mass is 9.89. The van der Waals surface area contributed by atoms with E-state index in [1.54, 1.807) is 0 Å². The summed E-state index contributed by atoms with van der Waals surface area (Å²) in [4.78, 5) is 11.8. The second-order valence-electron chi connectivity index (χ2n) is 5.72. The summed E-state index contributed by atoms with van der Waals surface area (Å²) in [6.07, 6.45) is 2.81. The number of sulfone groups is 2. The van der Waals surface area contributed by atoms with Gasteiger partial charge in [-0.25, -0.2) is 16.8 Å². The fourth-order valence-electron chi connectivity index (χ4n) is 1.62. The van der Waals surface area contributed by atoms with Crippen molar-refractivity contribution in [2.45, 2.75) is 44.6 Å². The van der Waals surface area contributed by atoms with Crippen LogP contribution in [-0.4, -0.2) is 46.4 Å². The molecule has 0 fully saturated rings. The molecule has 0 rings (SSSR count). The summed E-state index contributed by atoms with van der Waals surface area (Å²) in [5, 5.41) is 2.70. The number of nitrogens with one attached hydrogen (secondary N) is 1. The average Bonchev–Trinajstić information content (AvgIpc) is 2.24. The van der Waals surface area contributed by atoms with Crippen LogP contribution in [0, 0.1) is 5.41 Å². The monoisotopic (exact) mass is 327 g/mol. The van der Waals surface area contributed by atoms with Crippen molar-refractivity contribution in [3.8, 4) is 0 Å². The molecule has 0 aliphatic carbocycles. The molecule has 0 aromatic rings. The van der Waals surface area contributed by atoms with Crippen molar-refractivity contribution in [3.63, 3.8) is 0 Å². The predicted octanol–water partition coefficient (Wildman–Crippen LogP) is 0.734. The topological polar surface area (TPSA) is 97.4 Å². The molecule has 0 heterocycles. The van der Waals surface area contributed by atoms with Gasteiger partial charge in [0.25, 0.3) is 0 Å². The molecule has 0 saturated carbocycles. The smallest absolute Gasteiger partial charge is 0.225 e. The van der Waals surface area contributed by atoms with E-state index in [2.05, 4.69) is 5.32 Å². The van der Waals surface area contributed by atoms with Crippen LogP contribution in [-0.2, 0) is 24.5 Å². The molecule has 0 unspecified atom stereocenters. The zero-order chi connectivity index (χ0) is 16.2. The Morgan fingerprint density at radius 2 is 1.55 bits per heavy atom. The molecule has 0 spiro atoms. The van der Waals surface area contributed by atoms with Crippen molar-refractivity contribution in [3.05, 3.63) is 0 Å². The van der Waals surface area contributed by atoms with Crippen molar-refractivity contribution < 1.29 is 21.6 Å². The maximum atomic E-state index is 11.8. The SMILES string of the molecule is CCC(C)(C)C(=O)NCCCC(S(C)(=O)=O)S(C)(=O)=O. The number of hydrogen-bond donors (Lipinski definition) is 1. The molecule has 0 bridgehead atoms. The first-order chi connectivity index (χ1) is 8.82. The Morgan fingerprint density at radius 1 is 1.10 bits per heavy atom. The van der Waals surface area contributed by atoms with E-state index in [1.807, 2.05) is 20.8 Å². The number of amides is 1. The summed E-state index contributed by atoms with van der Waals surface area (Å²) in [6, 6.07) is 0. The van der Waals surface area contributed by atoms with Crippen molar-refractivity contribution in [2.75, 3.05) is 19.1 Å². The molecule has 0 radical (unpaired) electrons. The molecule has 20 heavy (non-hydrogen) atoms. The van der Waals surface area contributed by atoms with Crippen LogP contribution in [0.3, 0.4) is 0 Å². The normalized spacial score (nSPS) is 13.5. The van der Waals surface area contributed by atoms with E-state index >= 15 is 0 Å². The average molecular weight is 327 g/mol. The summed E-state index contributed by atoms with van der Waals surface area (Å²) in [5.74, 6) is -0.115. The fraction of sp³-hybridized carbons (Fsp3) is 0.917. The largest absolute Gasteiger partial charge is 0.356 e. The Bertz CT molecular complexity index is 502. The van der Waals surface area contributed by atoms with Crippen LogP contribution in [0.5, 0.6) is 0 Å². The van der Waals surface area contributed by atoms with E-state index < -0.39 is 29.7 Å². The van der Waals surface area contributed by atoms with Gasteiger partial charge in [-0.1, -0.05) is 20.8 Å². The van der Waals surface area contributed by atoms with E-state index in [1.165, 1.54) is 0 Å². The van der Waals surface area contributed by atoms with Gasteiger partial charge < -0.3 is 5.32 Å². The Hall–Kier alpha value is -0.630. The van der Waals surface area contributed by atoms with Gasteiger partial charge in [0.2, 0.25) is 5.91 Å². The van der Waals surface area contributed by atoms with E-state index in [0.717, 1.165) is 12.5 Å². The molecular weight excluding hydrogens is 302 g/mol. The Balaban J connectivity index is 4.47. The van der Waals surface area contributed by atoms with Crippen LogP contribution in [0.4, 0.5) is 0 Å². The molecule has 1 amide bonds. The zero-order valence-electron chi connectivity index (χ0n) is 12.8. The third-order valence-corrected chi connectivity index (χ3v) is 7.83. The number of rotatable bonds is 8. The van der Waals surface area contributed by atoms with Gasteiger partial charge >= 0.3 is 0 Å².